The number of nitrogens with zero attached hydrogens (tertiary/aromatic N) is 1. The molecule has 6 heteroatoms. The van der Waals surface area contributed by atoms with Crippen LogP contribution in [0.2, 0.25) is 0 Å². The predicted molar refractivity (Wildman–Crippen MR) is 98.9 cm³/mol. The molecule has 6 nitrogen and oxygen atoms in total. The minimum atomic E-state index is -0.108. The normalized spacial score (nSPS) is 17.4. The molecular weight excluding hydrogens is 318 g/mol. The summed E-state index contributed by atoms with van der Waals surface area (Å²) in [5, 5.41) is 5.88. The molecule has 25 heavy (non-hydrogen) atoms. The number of hydrogen-bond donors (Lipinski definition) is 2. The van der Waals surface area contributed by atoms with Crippen molar-refractivity contribution in [2.75, 3.05) is 45.2 Å². The van der Waals surface area contributed by atoms with E-state index in [1.165, 1.54) is 6.42 Å². The first-order valence-electron chi connectivity index (χ1n) is 8.90. The molecule has 2 N–H and O–H groups in total. The van der Waals surface area contributed by atoms with Gasteiger partial charge in [-0.05, 0) is 49.4 Å². The van der Waals surface area contributed by atoms with Gasteiger partial charge in [0.15, 0.2) is 0 Å². The quantitative estimate of drug-likeness (QED) is 0.741. The van der Waals surface area contributed by atoms with E-state index in [1.54, 1.807) is 13.2 Å². The van der Waals surface area contributed by atoms with Crippen molar-refractivity contribution in [2.45, 2.75) is 26.7 Å². The summed E-state index contributed by atoms with van der Waals surface area (Å²) in [7, 11) is 1.62. The Bertz CT molecular complexity index is 604. The number of anilines is 1. The predicted octanol–water partition coefficient (Wildman–Crippen LogP) is 2.04. The van der Waals surface area contributed by atoms with E-state index in [0.717, 1.165) is 30.8 Å². The highest BCUT2D eigenvalue weighted by molar-refractivity contribution is 5.97. The van der Waals surface area contributed by atoms with Crippen LogP contribution in [0.25, 0.3) is 0 Å². The second-order valence-corrected chi connectivity index (χ2v) is 6.75. The van der Waals surface area contributed by atoms with Crippen molar-refractivity contribution < 1.29 is 14.3 Å². The molecule has 0 bridgehead atoms. The lowest BCUT2D eigenvalue weighted by Crippen LogP contribution is -2.39. The van der Waals surface area contributed by atoms with Gasteiger partial charge < -0.3 is 20.3 Å². The van der Waals surface area contributed by atoms with Crippen LogP contribution in [0.1, 0.15) is 35.7 Å². The summed E-state index contributed by atoms with van der Waals surface area (Å²) in [6.07, 6.45) is 2.25. The third-order valence-corrected chi connectivity index (χ3v) is 4.46. The highest BCUT2D eigenvalue weighted by Gasteiger charge is 2.22. The number of carbonyl (C=O) groups excluding carboxylic acids is 2. The molecule has 2 rings (SSSR count). The van der Waals surface area contributed by atoms with E-state index in [-0.39, 0.29) is 18.4 Å². The number of nitrogens with one attached hydrogen (secondary N) is 2. The molecule has 1 aromatic carbocycles. The molecule has 1 unspecified atom stereocenters. The van der Waals surface area contributed by atoms with E-state index in [2.05, 4.69) is 17.6 Å². The minimum absolute atomic E-state index is 0.0776. The van der Waals surface area contributed by atoms with E-state index in [4.69, 9.17) is 4.74 Å². The van der Waals surface area contributed by atoms with Crippen LogP contribution in [0.3, 0.4) is 0 Å². The number of benzene rings is 1. The number of hydrogen-bond acceptors (Lipinski definition) is 4. The number of ether oxygens (including phenoxy) is 1. The summed E-state index contributed by atoms with van der Waals surface area (Å²) in [5.41, 5.74) is 2.31. The summed E-state index contributed by atoms with van der Waals surface area (Å²) >= 11 is 0. The Hall–Kier alpha value is -1.92. The van der Waals surface area contributed by atoms with E-state index < -0.39 is 0 Å². The fraction of sp³-hybridized carbons (Fsp3) is 0.579. The molecule has 1 saturated heterocycles. The second kappa shape index (κ2) is 9.53. The SMILES string of the molecule is COCCNCC(=O)Nc1ccc(C(=O)N2CCCC(C)C2)cc1C. The lowest BCUT2D eigenvalue weighted by atomic mass is 9.99. The number of rotatable bonds is 7. The first-order chi connectivity index (χ1) is 12.0. The van der Waals surface area contributed by atoms with Gasteiger partial charge >= 0.3 is 0 Å². The highest BCUT2D eigenvalue weighted by atomic mass is 16.5. The molecule has 1 atom stereocenters. The van der Waals surface area contributed by atoms with Crippen molar-refractivity contribution in [3.8, 4) is 0 Å². The van der Waals surface area contributed by atoms with Crippen molar-refractivity contribution in [1.82, 2.24) is 10.2 Å². The molecule has 0 radical (unpaired) electrons. The van der Waals surface area contributed by atoms with Crippen LogP contribution in [0.5, 0.6) is 0 Å². The average Bonchev–Trinajstić information content (AvgIpc) is 2.60. The van der Waals surface area contributed by atoms with Gasteiger partial charge in [0.25, 0.3) is 5.91 Å². The van der Waals surface area contributed by atoms with Crippen LogP contribution >= 0.6 is 0 Å². The van der Waals surface area contributed by atoms with Crippen LogP contribution in [0.15, 0.2) is 18.2 Å². The third-order valence-electron chi connectivity index (χ3n) is 4.46. The number of aryl methyl sites for hydroxylation is 1. The molecule has 1 fully saturated rings. The van der Waals surface area contributed by atoms with Gasteiger partial charge in [-0.15, -0.1) is 0 Å². The van der Waals surface area contributed by atoms with E-state index >= 15 is 0 Å². The summed E-state index contributed by atoms with van der Waals surface area (Å²) in [6.45, 7) is 7.17. The zero-order valence-electron chi connectivity index (χ0n) is 15.4. The molecule has 0 aliphatic carbocycles. The molecule has 1 aromatic rings. The molecule has 0 spiro atoms. The smallest absolute Gasteiger partial charge is 0.253 e. The first-order valence-corrected chi connectivity index (χ1v) is 8.90. The van der Waals surface area contributed by atoms with Gasteiger partial charge in [0, 0.05) is 38.0 Å². The largest absolute Gasteiger partial charge is 0.383 e. The maximum atomic E-state index is 12.7. The van der Waals surface area contributed by atoms with Crippen molar-refractivity contribution in [3.05, 3.63) is 29.3 Å². The average molecular weight is 347 g/mol. The monoisotopic (exact) mass is 347 g/mol. The number of amides is 2. The maximum absolute atomic E-state index is 12.7. The lowest BCUT2D eigenvalue weighted by Gasteiger charge is -2.31. The van der Waals surface area contributed by atoms with Gasteiger partial charge in [-0.1, -0.05) is 6.92 Å². The van der Waals surface area contributed by atoms with E-state index in [0.29, 0.717) is 24.6 Å². The van der Waals surface area contributed by atoms with E-state index in [9.17, 15) is 9.59 Å². The van der Waals surface area contributed by atoms with Crippen molar-refractivity contribution in [1.29, 1.82) is 0 Å². The van der Waals surface area contributed by atoms with Gasteiger partial charge in [-0.25, -0.2) is 0 Å². The Morgan fingerprint density at radius 2 is 2.16 bits per heavy atom. The first kappa shape index (κ1) is 19.4. The fourth-order valence-corrected chi connectivity index (χ4v) is 3.06. The molecule has 1 aliphatic heterocycles. The number of carbonyl (C=O) groups is 2. The van der Waals surface area contributed by atoms with Crippen LogP contribution < -0.4 is 10.6 Å². The highest BCUT2D eigenvalue weighted by Crippen LogP contribution is 2.21. The van der Waals surface area contributed by atoms with Gasteiger partial charge in [0.1, 0.15) is 0 Å². The third kappa shape index (κ3) is 5.83. The van der Waals surface area contributed by atoms with Gasteiger partial charge in [0.05, 0.1) is 13.2 Å². The molecule has 1 heterocycles. The van der Waals surface area contributed by atoms with Crippen LogP contribution in [0.4, 0.5) is 5.69 Å². The van der Waals surface area contributed by atoms with Gasteiger partial charge in [0.2, 0.25) is 5.91 Å². The van der Waals surface area contributed by atoms with Crippen LogP contribution in [-0.2, 0) is 9.53 Å². The molecule has 1 aliphatic rings. The summed E-state index contributed by atoms with van der Waals surface area (Å²) in [4.78, 5) is 26.5. The minimum Gasteiger partial charge on any atom is -0.383 e. The Kier molecular flexibility index (Phi) is 7.40. The molecule has 2 amide bonds. The van der Waals surface area contributed by atoms with Crippen molar-refractivity contribution >= 4 is 17.5 Å². The van der Waals surface area contributed by atoms with Crippen LogP contribution in [-0.4, -0.2) is 56.6 Å². The number of methoxy groups -OCH3 is 1. The summed E-state index contributed by atoms with van der Waals surface area (Å²) in [6, 6.07) is 5.46. The summed E-state index contributed by atoms with van der Waals surface area (Å²) in [5.74, 6) is 0.528. The second-order valence-electron chi connectivity index (χ2n) is 6.75. The maximum Gasteiger partial charge on any atom is 0.253 e. The molecule has 0 saturated carbocycles. The van der Waals surface area contributed by atoms with Crippen LogP contribution in [0, 0.1) is 12.8 Å². The zero-order chi connectivity index (χ0) is 18.2. The lowest BCUT2D eigenvalue weighted by molar-refractivity contribution is -0.115. The van der Waals surface area contributed by atoms with Crippen molar-refractivity contribution in [2.24, 2.45) is 5.92 Å². The standard InChI is InChI=1S/C19H29N3O3/c1-14-5-4-9-22(13-14)19(24)16-6-7-17(15(2)11-16)21-18(23)12-20-8-10-25-3/h6-7,11,14,20H,4-5,8-10,12-13H2,1-3H3,(H,21,23). The number of piperidine rings is 1. The van der Waals surface area contributed by atoms with Crippen molar-refractivity contribution in [3.63, 3.8) is 0 Å². The Labute approximate surface area is 149 Å². The van der Waals surface area contributed by atoms with Gasteiger partial charge in [-0.3, -0.25) is 9.59 Å². The van der Waals surface area contributed by atoms with Gasteiger partial charge in [-0.2, -0.15) is 0 Å². The molecular formula is C19H29N3O3. The Morgan fingerprint density at radius 3 is 2.84 bits per heavy atom. The summed E-state index contributed by atoms with van der Waals surface area (Å²) < 4.78 is 4.92. The Morgan fingerprint density at radius 1 is 1.36 bits per heavy atom. The Balaban J connectivity index is 1.93. The fourth-order valence-electron chi connectivity index (χ4n) is 3.06. The number of likely N-dealkylation sites (tertiary alicyclic amines) is 1. The van der Waals surface area contributed by atoms with E-state index in [1.807, 2.05) is 24.0 Å². The topological polar surface area (TPSA) is 70.7 Å². The zero-order valence-corrected chi connectivity index (χ0v) is 15.4. The molecule has 138 valence electrons. The molecule has 0 aromatic heterocycles.